The molecule has 1 saturated heterocycles. The maximum atomic E-state index is 13.2. The van der Waals surface area contributed by atoms with Crippen molar-refractivity contribution in [2.45, 2.75) is 64.0 Å². The Balaban J connectivity index is 1.67. The molecule has 0 bridgehead atoms. The van der Waals surface area contributed by atoms with Crippen LogP contribution in [-0.4, -0.2) is 42.5 Å². The van der Waals surface area contributed by atoms with E-state index in [4.69, 9.17) is 4.74 Å². The number of piperidine rings is 1. The van der Waals surface area contributed by atoms with Crippen LogP contribution in [-0.2, 0) is 14.3 Å². The van der Waals surface area contributed by atoms with Crippen molar-refractivity contribution in [1.29, 1.82) is 0 Å². The van der Waals surface area contributed by atoms with E-state index in [1.165, 1.54) is 19.3 Å². The fraction of sp³-hybridized carbons (Fsp3) is 0.636. The average Bonchev–Trinajstić information content (AvgIpc) is 2.70. The molecule has 27 heavy (non-hydrogen) atoms. The van der Waals surface area contributed by atoms with Gasteiger partial charge in [0.15, 0.2) is 0 Å². The molecule has 1 atom stereocenters. The molecule has 2 aliphatic rings. The summed E-state index contributed by atoms with van der Waals surface area (Å²) < 4.78 is 5.17. The van der Waals surface area contributed by atoms with E-state index in [1.54, 1.807) is 0 Å². The van der Waals surface area contributed by atoms with Crippen molar-refractivity contribution in [2.24, 2.45) is 5.92 Å². The summed E-state index contributed by atoms with van der Waals surface area (Å²) in [6, 6.07) is 10.0. The van der Waals surface area contributed by atoms with Crippen LogP contribution in [0.15, 0.2) is 30.3 Å². The zero-order valence-corrected chi connectivity index (χ0v) is 16.4. The zero-order valence-electron chi connectivity index (χ0n) is 16.4. The summed E-state index contributed by atoms with van der Waals surface area (Å²) in [4.78, 5) is 27.4. The Morgan fingerprint density at radius 1 is 1.07 bits per heavy atom. The van der Waals surface area contributed by atoms with E-state index >= 15 is 0 Å². The molecule has 0 spiro atoms. The number of ether oxygens (including phenoxy) is 1. The number of likely N-dealkylation sites (tertiary alicyclic amines) is 1. The SMILES string of the molecule is CCOC(=O)C1CCN(C(C(=O)NC2CCCCC2)c2ccccc2)CC1. The molecule has 3 rings (SSSR count). The van der Waals surface area contributed by atoms with Crippen LogP contribution in [0.3, 0.4) is 0 Å². The number of hydrogen-bond donors (Lipinski definition) is 1. The number of hydrogen-bond acceptors (Lipinski definition) is 4. The Morgan fingerprint density at radius 3 is 2.37 bits per heavy atom. The molecule has 148 valence electrons. The minimum atomic E-state index is -0.281. The molecule has 1 saturated carbocycles. The molecule has 1 aliphatic heterocycles. The quantitative estimate of drug-likeness (QED) is 0.777. The van der Waals surface area contributed by atoms with Gasteiger partial charge in [-0.05, 0) is 38.2 Å². The molecular weight excluding hydrogens is 340 g/mol. The lowest BCUT2D eigenvalue weighted by atomic mass is 9.92. The second-order valence-electron chi connectivity index (χ2n) is 7.72. The number of nitrogens with zero attached hydrogens (tertiary/aromatic N) is 1. The largest absolute Gasteiger partial charge is 0.466 e. The Morgan fingerprint density at radius 2 is 1.74 bits per heavy atom. The first-order valence-electron chi connectivity index (χ1n) is 10.4. The highest BCUT2D eigenvalue weighted by molar-refractivity contribution is 5.83. The van der Waals surface area contributed by atoms with Gasteiger partial charge in [-0.2, -0.15) is 0 Å². The maximum absolute atomic E-state index is 13.2. The van der Waals surface area contributed by atoms with Crippen LogP contribution in [0.4, 0.5) is 0 Å². The molecule has 5 nitrogen and oxygen atoms in total. The molecule has 1 aromatic carbocycles. The highest BCUT2D eigenvalue weighted by atomic mass is 16.5. The van der Waals surface area contributed by atoms with E-state index in [0.717, 1.165) is 44.3 Å². The minimum absolute atomic E-state index is 0.0426. The lowest BCUT2D eigenvalue weighted by Crippen LogP contribution is -2.48. The molecule has 1 aliphatic carbocycles. The Kier molecular flexibility index (Phi) is 7.27. The van der Waals surface area contributed by atoms with Crippen molar-refractivity contribution >= 4 is 11.9 Å². The summed E-state index contributed by atoms with van der Waals surface area (Å²) in [6.07, 6.45) is 7.34. The lowest BCUT2D eigenvalue weighted by Gasteiger charge is -2.37. The van der Waals surface area contributed by atoms with Crippen molar-refractivity contribution in [3.05, 3.63) is 35.9 Å². The predicted molar refractivity (Wildman–Crippen MR) is 105 cm³/mol. The van der Waals surface area contributed by atoms with E-state index < -0.39 is 0 Å². The van der Waals surface area contributed by atoms with Crippen molar-refractivity contribution in [1.82, 2.24) is 10.2 Å². The first-order chi connectivity index (χ1) is 13.2. The van der Waals surface area contributed by atoms with Gasteiger partial charge in [0, 0.05) is 19.1 Å². The third-order valence-electron chi connectivity index (χ3n) is 5.83. The van der Waals surface area contributed by atoms with Crippen LogP contribution < -0.4 is 5.32 Å². The van der Waals surface area contributed by atoms with E-state index in [9.17, 15) is 9.59 Å². The Hall–Kier alpha value is -1.88. The molecular formula is C22H32N2O3. The van der Waals surface area contributed by atoms with Crippen LogP contribution in [0.5, 0.6) is 0 Å². The summed E-state index contributed by atoms with van der Waals surface area (Å²) in [5, 5.41) is 3.30. The predicted octanol–water partition coefficient (Wildman–Crippen LogP) is 3.45. The van der Waals surface area contributed by atoms with Gasteiger partial charge < -0.3 is 10.1 Å². The van der Waals surface area contributed by atoms with Gasteiger partial charge in [0.2, 0.25) is 5.91 Å². The van der Waals surface area contributed by atoms with Gasteiger partial charge in [0.05, 0.1) is 12.5 Å². The van der Waals surface area contributed by atoms with Crippen molar-refractivity contribution in [3.8, 4) is 0 Å². The van der Waals surface area contributed by atoms with Crippen molar-refractivity contribution < 1.29 is 14.3 Å². The Labute approximate surface area is 162 Å². The van der Waals surface area contributed by atoms with Crippen LogP contribution in [0.1, 0.15) is 63.5 Å². The fourth-order valence-electron chi connectivity index (χ4n) is 4.34. The summed E-state index contributed by atoms with van der Waals surface area (Å²) >= 11 is 0. The molecule has 5 heteroatoms. The number of benzene rings is 1. The molecule has 1 N–H and O–H groups in total. The normalized spacial score (nSPS) is 20.8. The smallest absolute Gasteiger partial charge is 0.309 e. The van der Waals surface area contributed by atoms with Crippen LogP contribution in [0, 0.1) is 5.92 Å². The molecule has 0 aromatic heterocycles. The monoisotopic (exact) mass is 372 g/mol. The fourth-order valence-corrected chi connectivity index (χ4v) is 4.34. The number of esters is 1. The van der Waals surface area contributed by atoms with Gasteiger partial charge in [0.1, 0.15) is 6.04 Å². The molecule has 1 heterocycles. The van der Waals surface area contributed by atoms with Crippen molar-refractivity contribution in [2.75, 3.05) is 19.7 Å². The lowest BCUT2D eigenvalue weighted by molar-refractivity contribution is -0.150. The molecule has 0 radical (unpaired) electrons. The van der Waals surface area contributed by atoms with Gasteiger partial charge in [-0.1, -0.05) is 49.6 Å². The highest BCUT2D eigenvalue weighted by Gasteiger charge is 2.34. The summed E-state index contributed by atoms with van der Waals surface area (Å²) in [6.45, 7) is 3.74. The third kappa shape index (κ3) is 5.32. The number of carbonyl (C=O) groups is 2. The highest BCUT2D eigenvalue weighted by Crippen LogP contribution is 2.28. The number of rotatable bonds is 6. The second-order valence-corrected chi connectivity index (χ2v) is 7.72. The molecule has 1 unspecified atom stereocenters. The summed E-state index contributed by atoms with van der Waals surface area (Å²) in [5.74, 6) is -0.0400. The third-order valence-corrected chi connectivity index (χ3v) is 5.83. The van der Waals surface area contributed by atoms with E-state index in [2.05, 4.69) is 10.2 Å². The second kappa shape index (κ2) is 9.88. The number of carbonyl (C=O) groups excluding carboxylic acids is 2. The van der Waals surface area contributed by atoms with Gasteiger partial charge in [-0.3, -0.25) is 14.5 Å². The van der Waals surface area contributed by atoms with E-state index in [-0.39, 0.29) is 23.8 Å². The standard InChI is InChI=1S/C22H32N2O3/c1-2-27-22(26)18-13-15-24(16-14-18)20(17-9-5-3-6-10-17)21(25)23-19-11-7-4-8-12-19/h3,5-6,9-10,18-20H,2,4,7-8,11-16H2,1H3,(H,23,25). The minimum Gasteiger partial charge on any atom is -0.466 e. The average molecular weight is 373 g/mol. The topological polar surface area (TPSA) is 58.6 Å². The summed E-state index contributed by atoms with van der Waals surface area (Å²) in [5.41, 5.74) is 1.03. The first-order valence-corrected chi connectivity index (χ1v) is 10.4. The van der Waals surface area contributed by atoms with Crippen LogP contribution >= 0.6 is 0 Å². The van der Waals surface area contributed by atoms with Gasteiger partial charge in [-0.25, -0.2) is 0 Å². The van der Waals surface area contributed by atoms with E-state index in [0.29, 0.717) is 12.6 Å². The maximum Gasteiger partial charge on any atom is 0.309 e. The van der Waals surface area contributed by atoms with Gasteiger partial charge >= 0.3 is 5.97 Å². The van der Waals surface area contributed by atoms with Crippen LogP contribution in [0.25, 0.3) is 0 Å². The molecule has 1 aromatic rings. The Bertz CT molecular complexity index is 605. The molecule has 1 amide bonds. The van der Waals surface area contributed by atoms with Crippen LogP contribution in [0.2, 0.25) is 0 Å². The zero-order chi connectivity index (χ0) is 19.1. The van der Waals surface area contributed by atoms with Gasteiger partial charge in [0.25, 0.3) is 0 Å². The van der Waals surface area contributed by atoms with Crippen molar-refractivity contribution in [3.63, 3.8) is 0 Å². The summed E-state index contributed by atoms with van der Waals surface area (Å²) in [7, 11) is 0. The van der Waals surface area contributed by atoms with E-state index in [1.807, 2.05) is 37.3 Å². The molecule has 2 fully saturated rings. The number of amides is 1. The number of nitrogens with one attached hydrogen (secondary N) is 1. The van der Waals surface area contributed by atoms with Gasteiger partial charge in [-0.15, -0.1) is 0 Å². The first kappa shape index (κ1) is 19.9.